The average Bonchev–Trinajstić information content (AvgIpc) is 3.09. The standard InChI is InChI=1S/C25H20Cl2N2O3S/c1-3-32-24(31)22-15(2)28-25-29(20(22)12-9-16-7-5-4-6-8-16)23(30)21(33-25)13-17-10-11-18(26)14-19(17)27/h4-14,20H,3H2,1-2H3/b12-9+,21-13+. The lowest BCUT2D eigenvalue weighted by molar-refractivity contribution is -0.139. The molecule has 1 atom stereocenters. The molecule has 8 heteroatoms. The van der Waals surface area contributed by atoms with E-state index in [1.165, 1.54) is 15.9 Å². The number of carbonyl (C=O) groups excluding carboxylic acids is 1. The van der Waals surface area contributed by atoms with Gasteiger partial charge in [0.2, 0.25) is 0 Å². The monoisotopic (exact) mass is 498 g/mol. The van der Waals surface area contributed by atoms with Gasteiger partial charge in [-0.15, -0.1) is 0 Å². The average molecular weight is 499 g/mol. The van der Waals surface area contributed by atoms with E-state index in [-0.39, 0.29) is 12.2 Å². The Morgan fingerprint density at radius 1 is 1.21 bits per heavy atom. The molecule has 0 fully saturated rings. The van der Waals surface area contributed by atoms with Crippen LogP contribution in [0.2, 0.25) is 10.0 Å². The van der Waals surface area contributed by atoms with Gasteiger partial charge in [-0.1, -0.05) is 83.1 Å². The molecule has 0 spiro atoms. The molecule has 2 heterocycles. The number of fused-ring (bicyclic) bond motifs is 1. The first-order valence-corrected chi connectivity index (χ1v) is 11.8. The number of rotatable bonds is 5. The molecule has 1 aliphatic heterocycles. The molecule has 1 aromatic heterocycles. The highest BCUT2D eigenvalue weighted by Crippen LogP contribution is 2.26. The minimum Gasteiger partial charge on any atom is -0.463 e. The largest absolute Gasteiger partial charge is 0.463 e. The summed E-state index contributed by atoms with van der Waals surface area (Å²) in [4.78, 5) is 31.3. The van der Waals surface area contributed by atoms with Gasteiger partial charge < -0.3 is 4.74 Å². The zero-order chi connectivity index (χ0) is 23.5. The maximum Gasteiger partial charge on any atom is 0.338 e. The number of aromatic nitrogens is 1. The molecular formula is C25H20Cl2N2O3S. The number of hydrogen-bond acceptors (Lipinski definition) is 5. The summed E-state index contributed by atoms with van der Waals surface area (Å²) in [6, 6.07) is 14.1. The van der Waals surface area contributed by atoms with Crippen molar-refractivity contribution in [2.24, 2.45) is 4.99 Å². The molecule has 5 nitrogen and oxygen atoms in total. The Morgan fingerprint density at radius 3 is 2.67 bits per heavy atom. The van der Waals surface area contributed by atoms with E-state index in [1.807, 2.05) is 42.5 Å². The normalized spacial score (nSPS) is 16.1. The van der Waals surface area contributed by atoms with Crippen LogP contribution in [0.1, 0.15) is 31.0 Å². The van der Waals surface area contributed by atoms with Crippen LogP contribution in [0.3, 0.4) is 0 Å². The molecule has 168 valence electrons. The first kappa shape index (κ1) is 23.2. The van der Waals surface area contributed by atoms with Crippen LogP contribution in [-0.2, 0) is 9.53 Å². The number of hydrogen-bond donors (Lipinski definition) is 0. The number of thiazole rings is 1. The van der Waals surface area contributed by atoms with E-state index < -0.39 is 12.0 Å². The Bertz CT molecular complexity index is 1450. The number of carbonyl (C=O) groups is 1. The number of allylic oxidation sites excluding steroid dienone is 2. The maximum absolute atomic E-state index is 13.5. The second-order valence-corrected chi connectivity index (χ2v) is 9.13. The third kappa shape index (κ3) is 4.88. The number of nitrogens with zero attached hydrogens (tertiary/aromatic N) is 2. The van der Waals surface area contributed by atoms with Gasteiger partial charge in [0.05, 0.1) is 28.5 Å². The Kier molecular flexibility index (Phi) is 6.98. The molecule has 0 radical (unpaired) electrons. The molecule has 0 N–H and O–H groups in total. The summed E-state index contributed by atoms with van der Waals surface area (Å²) in [6.45, 7) is 3.72. The Balaban J connectivity index is 1.89. The zero-order valence-electron chi connectivity index (χ0n) is 17.9. The highest BCUT2D eigenvalue weighted by molar-refractivity contribution is 7.07. The molecule has 2 aromatic carbocycles. The first-order chi connectivity index (χ1) is 15.9. The lowest BCUT2D eigenvalue weighted by Gasteiger charge is -2.21. The van der Waals surface area contributed by atoms with Crippen molar-refractivity contribution in [3.05, 3.63) is 107 Å². The minimum atomic E-state index is -0.650. The fraction of sp³-hybridized carbons (Fsp3) is 0.160. The lowest BCUT2D eigenvalue weighted by atomic mass is 10.0. The van der Waals surface area contributed by atoms with E-state index in [0.717, 1.165) is 5.56 Å². The van der Waals surface area contributed by atoms with Gasteiger partial charge in [0.15, 0.2) is 4.80 Å². The summed E-state index contributed by atoms with van der Waals surface area (Å²) in [5.74, 6) is -0.489. The first-order valence-electron chi connectivity index (χ1n) is 10.3. The predicted molar refractivity (Wildman–Crippen MR) is 133 cm³/mol. The van der Waals surface area contributed by atoms with Crippen LogP contribution in [0.15, 0.2) is 75.7 Å². The fourth-order valence-electron chi connectivity index (χ4n) is 3.54. The number of ether oxygens (including phenoxy) is 1. The van der Waals surface area contributed by atoms with Crippen molar-refractivity contribution in [3.63, 3.8) is 0 Å². The van der Waals surface area contributed by atoms with Gasteiger partial charge >= 0.3 is 5.97 Å². The van der Waals surface area contributed by atoms with Gasteiger partial charge in [-0.25, -0.2) is 9.79 Å². The molecule has 1 aliphatic rings. The molecule has 33 heavy (non-hydrogen) atoms. The molecule has 0 amide bonds. The third-order valence-electron chi connectivity index (χ3n) is 5.08. The van der Waals surface area contributed by atoms with Gasteiger partial charge in [0.25, 0.3) is 5.56 Å². The van der Waals surface area contributed by atoms with Crippen molar-refractivity contribution >= 4 is 52.7 Å². The van der Waals surface area contributed by atoms with E-state index >= 15 is 0 Å². The van der Waals surface area contributed by atoms with E-state index in [1.54, 1.807) is 38.1 Å². The Morgan fingerprint density at radius 2 is 1.97 bits per heavy atom. The quantitative estimate of drug-likeness (QED) is 0.476. The Hall–Kier alpha value is -2.93. The lowest BCUT2D eigenvalue weighted by Crippen LogP contribution is -2.38. The van der Waals surface area contributed by atoms with E-state index in [9.17, 15) is 9.59 Å². The van der Waals surface area contributed by atoms with Crippen LogP contribution in [0.4, 0.5) is 0 Å². The molecule has 3 aromatic rings. The van der Waals surface area contributed by atoms with Crippen molar-refractivity contribution in [1.29, 1.82) is 0 Å². The summed E-state index contributed by atoms with van der Waals surface area (Å²) in [6.07, 6.45) is 5.43. The molecular weight excluding hydrogens is 479 g/mol. The molecule has 0 saturated carbocycles. The van der Waals surface area contributed by atoms with Crippen LogP contribution in [-0.4, -0.2) is 17.1 Å². The third-order valence-corrected chi connectivity index (χ3v) is 6.62. The minimum absolute atomic E-state index is 0.226. The number of halogens is 2. The van der Waals surface area contributed by atoms with Crippen LogP contribution < -0.4 is 14.9 Å². The fourth-order valence-corrected chi connectivity index (χ4v) is 5.05. The van der Waals surface area contributed by atoms with Gasteiger partial charge in [0.1, 0.15) is 0 Å². The van der Waals surface area contributed by atoms with Crippen LogP contribution in [0.5, 0.6) is 0 Å². The van der Waals surface area contributed by atoms with Crippen molar-refractivity contribution in [2.75, 3.05) is 6.61 Å². The second kappa shape index (κ2) is 9.91. The van der Waals surface area contributed by atoms with Crippen LogP contribution in [0.25, 0.3) is 12.2 Å². The van der Waals surface area contributed by atoms with E-state index in [2.05, 4.69) is 4.99 Å². The SMILES string of the molecule is CCOC(=O)C1=C(C)N=c2s/c(=C/c3ccc(Cl)cc3Cl)c(=O)n2C1/C=C/c1ccccc1. The van der Waals surface area contributed by atoms with Crippen molar-refractivity contribution in [1.82, 2.24) is 4.57 Å². The molecule has 1 unspecified atom stereocenters. The molecule has 0 bridgehead atoms. The molecule has 0 aliphatic carbocycles. The molecule has 4 rings (SSSR count). The highest BCUT2D eigenvalue weighted by atomic mass is 35.5. The van der Waals surface area contributed by atoms with Crippen LogP contribution in [0, 0.1) is 0 Å². The smallest absolute Gasteiger partial charge is 0.338 e. The number of esters is 1. The van der Waals surface area contributed by atoms with E-state index in [4.69, 9.17) is 27.9 Å². The maximum atomic E-state index is 13.5. The summed E-state index contributed by atoms with van der Waals surface area (Å²) in [7, 11) is 0. The number of benzene rings is 2. The Labute approximate surface area is 204 Å². The summed E-state index contributed by atoms with van der Waals surface area (Å²) >= 11 is 13.5. The summed E-state index contributed by atoms with van der Waals surface area (Å²) in [5, 5.41) is 0.955. The van der Waals surface area contributed by atoms with Gasteiger partial charge in [-0.05, 0) is 43.2 Å². The highest BCUT2D eigenvalue weighted by Gasteiger charge is 2.30. The van der Waals surface area contributed by atoms with Crippen molar-refractivity contribution < 1.29 is 9.53 Å². The van der Waals surface area contributed by atoms with Gasteiger partial charge in [-0.2, -0.15) is 0 Å². The predicted octanol–water partition coefficient (Wildman–Crippen LogP) is 4.77. The second-order valence-electron chi connectivity index (χ2n) is 7.28. The molecule has 0 saturated heterocycles. The van der Waals surface area contributed by atoms with Crippen molar-refractivity contribution in [3.8, 4) is 0 Å². The van der Waals surface area contributed by atoms with Crippen LogP contribution >= 0.6 is 34.5 Å². The van der Waals surface area contributed by atoms with Gasteiger partial charge in [0, 0.05) is 10.0 Å². The zero-order valence-corrected chi connectivity index (χ0v) is 20.2. The topological polar surface area (TPSA) is 60.7 Å². The van der Waals surface area contributed by atoms with E-state index in [0.29, 0.717) is 36.2 Å². The van der Waals surface area contributed by atoms with Crippen molar-refractivity contribution in [2.45, 2.75) is 19.9 Å². The van der Waals surface area contributed by atoms with Gasteiger partial charge in [-0.3, -0.25) is 9.36 Å². The summed E-state index contributed by atoms with van der Waals surface area (Å²) < 4.78 is 7.26. The summed E-state index contributed by atoms with van der Waals surface area (Å²) in [5.41, 5.74) is 2.22.